The predicted molar refractivity (Wildman–Crippen MR) is 68.4 cm³/mol. The summed E-state index contributed by atoms with van der Waals surface area (Å²) in [7, 11) is 0. The number of carbonyl (C=O) groups excluding carboxylic acids is 1. The van der Waals surface area contributed by atoms with Crippen LogP contribution in [0.25, 0.3) is 0 Å². The Balaban J connectivity index is 1.86. The van der Waals surface area contributed by atoms with Crippen LogP contribution in [0, 0.1) is 11.3 Å². The summed E-state index contributed by atoms with van der Waals surface area (Å²) in [6.07, 6.45) is 2.68. The Morgan fingerprint density at radius 2 is 1.95 bits per heavy atom. The molecule has 108 valence electrons. The molecule has 0 aromatic heterocycles. The summed E-state index contributed by atoms with van der Waals surface area (Å²) in [5, 5.41) is 11.9. The summed E-state index contributed by atoms with van der Waals surface area (Å²) >= 11 is 0. The number of amides is 1. The first-order valence-electron chi connectivity index (χ1n) is 6.80. The fourth-order valence-corrected chi connectivity index (χ4v) is 2.76. The van der Waals surface area contributed by atoms with Crippen LogP contribution in [-0.2, 0) is 14.3 Å². The average molecular weight is 270 g/mol. The van der Waals surface area contributed by atoms with Crippen LogP contribution in [0.4, 0.5) is 0 Å². The molecule has 0 aromatic rings. The summed E-state index contributed by atoms with van der Waals surface area (Å²) in [6, 6.07) is -0.212. The number of carbonyl (C=O) groups is 2. The summed E-state index contributed by atoms with van der Waals surface area (Å²) in [4.78, 5) is 23.1. The molecule has 1 saturated heterocycles. The molecule has 19 heavy (non-hydrogen) atoms. The van der Waals surface area contributed by atoms with Crippen molar-refractivity contribution in [3.8, 4) is 0 Å². The largest absolute Gasteiger partial charge is 0.481 e. The van der Waals surface area contributed by atoms with Gasteiger partial charge in [0.1, 0.15) is 0 Å². The van der Waals surface area contributed by atoms with Crippen LogP contribution in [0.5, 0.6) is 0 Å². The Labute approximate surface area is 112 Å². The second-order valence-electron chi connectivity index (χ2n) is 5.90. The van der Waals surface area contributed by atoms with E-state index in [2.05, 4.69) is 5.32 Å². The normalized spacial score (nSPS) is 38.9. The number of aliphatic carboxylic acids is 1. The van der Waals surface area contributed by atoms with E-state index < -0.39 is 11.4 Å². The van der Waals surface area contributed by atoms with E-state index in [1.165, 1.54) is 0 Å². The minimum Gasteiger partial charge on any atom is -0.481 e. The fraction of sp³-hybridized carbons (Fsp3) is 0.846. The molecule has 1 heterocycles. The average Bonchev–Trinajstić information content (AvgIpc) is 2.71. The Hall–Kier alpha value is -1.14. The Morgan fingerprint density at radius 3 is 2.42 bits per heavy atom. The monoisotopic (exact) mass is 270 g/mol. The summed E-state index contributed by atoms with van der Waals surface area (Å²) in [6.45, 7) is 2.59. The van der Waals surface area contributed by atoms with E-state index in [1.807, 2.05) is 6.92 Å². The molecule has 0 radical (unpaired) electrons. The maximum absolute atomic E-state index is 12.3. The van der Waals surface area contributed by atoms with Crippen LogP contribution < -0.4 is 11.1 Å². The number of carboxylic acids is 1. The molecule has 6 heteroatoms. The van der Waals surface area contributed by atoms with Gasteiger partial charge in [0.05, 0.1) is 24.5 Å². The number of hydrogen-bond donors (Lipinski definition) is 3. The van der Waals surface area contributed by atoms with Gasteiger partial charge < -0.3 is 20.9 Å². The van der Waals surface area contributed by atoms with Crippen molar-refractivity contribution in [2.75, 3.05) is 13.2 Å². The molecular weight excluding hydrogens is 248 g/mol. The second kappa shape index (κ2) is 5.46. The van der Waals surface area contributed by atoms with Crippen LogP contribution in [0.2, 0.25) is 0 Å². The van der Waals surface area contributed by atoms with Crippen LogP contribution in [0.3, 0.4) is 0 Å². The molecule has 6 nitrogen and oxygen atoms in total. The fourth-order valence-electron chi connectivity index (χ4n) is 2.76. The van der Waals surface area contributed by atoms with Gasteiger partial charge in [-0.1, -0.05) is 0 Å². The van der Waals surface area contributed by atoms with E-state index in [-0.39, 0.29) is 23.9 Å². The lowest BCUT2D eigenvalue weighted by Gasteiger charge is -2.31. The van der Waals surface area contributed by atoms with Crippen molar-refractivity contribution >= 4 is 11.9 Å². The number of carboxylic acid groups (broad SMARTS) is 1. The zero-order valence-electron chi connectivity index (χ0n) is 11.2. The van der Waals surface area contributed by atoms with Crippen molar-refractivity contribution in [1.29, 1.82) is 0 Å². The predicted octanol–water partition coefficient (Wildman–Crippen LogP) is 0.110. The highest BCUT2D eigenvalue weighted by Gasteiger charge is 2.45. The highest BCUT2D eigenvalue weighted by atomic mass is 16.5. The van der Waals surface area contributed by atoms with Crippen molar-refractivity contribution in [3.05, 3.63) is 0 Å². The van der Waals surface area contributed by atoms with E-state index >= 15 is 0 Å². The SMILES string of the molecule is CC1(C(=O)NC2CCC(C(=O)O)CC2)COCC1N. The molecule has 0 bridgehead atoms. The zero-order valence-corrected chi connectivity index (χ0v) is 11.2. The molecule has 2 unspecified atom stereocenters. The van der Waals surface area contributed by atoms with Crippen molar-refractivity contribution in [2.24, 2.45) is 17.1 Å². The van der Waals surface area contributed by atoms with Gasteiger partial charge in [-0.3, -0.25) is 9.59 Å². The van der Waals surface area contributed by atoms with Crippen molar-refractivity contribution in [3.63, 3.8) is 0 Å². The van der Waals surface area contributed by atoms with Crippen LogP contribution in [-0.4, -0.2) is 42.3 Å². The molecule has 2 rings (SSSR count). The quantitative estimate of drug-likeness (QED) is 0.675. The van der Waals surface area contributed by atoms with Crippen molar-refractivity contribution in [2.45, 2.75) is 44.7 Å². The molecule has 2 atom stereocenters. The zero-order chi connectivity index (χ0) is 14.0. The van der Waals surface area contributed by atoms with Crippen LogP contribution >= 0.6 is 0 Å². The van der Waals surface area contributed by atoms with Gasteiger partial charge in [-0.25, -0.2) is 0 Å². The number of hydrogen-bond acceptors (Lipinski definition) is 4. The summed E-state index contributed by atoms with van der Waals surface area (Å²) in [5.74, 6) is -1.07. The Morgan fingerprint density at radius 1 is 1.32 bits per heavy atom. The van der Waals surface area contributed by atoms with Crippen LogP contribution in [0.1, 0.15) is 32.6 Å². The van der Waals surface area contributed by atoms with E-state index in [9.17, 15) is 9.59 Å². The first kappa shape index (κ1) is 14.3. The second-order valence-corrected chi connectivity index (χ2v) is 5.90. The van der Waals surface area contributed by atoms with Gasteiger partial charge in [-0.05, 0) is 32.6 Å². The first-order valence-corrected chi connectivity index (χ1v) is 6.80. The number of nitrogens with two attached hydrogens (primary N) is 1. The minimum absolute atomic E-state index is 0.0627. The molecule has 1 saturated carbocycles. The van der Waals surface area contributed by atoms with Gasteiger partial charge in [0.2, 0.25) is 5.91 Å². The van der Waals surface area contributed by atoms with E-state index in [4.69, 9.17) is 15.6 Å². The van der Waals surface area contributed by atoms with E-state index in [1.54, 1.807) is 0 Å². The first-order chi connectivity index (χ1) is 8.93. The lowest BCUT2D eigenvalue weighted by atomic mass is 9.82. The smallest absolute Gasteiger partial charge is 0.306 e. The maximum Gasteiger partial charge on any atom is 0.306 e. The molecule has 1 amide bonds. The van der Waals surface area contributed by atoms with Gasteiger partial charge in [-0.2, -0.15) is 0 Å². The van der Waals surface area contributed by atoms with Gasteiger partial charge >= 0.3 is 5.97 Å². The third kappa shape index (κ3) is 2.90. The Bertz CT molecular complexity index is 366. The Kier molecular flexibility index (Phi) is 4.10. The number of rotatable bonds is 3. The van der Waals surface area contributed by atoms with E-state index in [0.29, 0.717) is 26.1 Å². The molecule has 1 aliphatic carbocycles. The maximum atomic E-state index is 12.3. The molecule has 2 fully saturated rings. The third-order valence-corrected chi connectivity index (χ3v) is 4.45. The van der Waals surface area contributed by atoms with Gasteiger partial charge in [0, 0.05) is 12.1 Å². The minimum atomic E-state index is -0.733. The third-order valence-electron chi connectivity index (χ3n) is 4.45. The van der Waals surface area contributed by atoms with Crippen molar-refractivity contribution < 1.29 is 19.4 Å². The van der Waals surface area contributed by atoms with E-state index in [0.717, 1.165) is 12.8 Å². The topological polar surface area (TPSA) is 102 Å². The number of nitrogens with one attached hydrogen (secondary N) is 1. The molecule has 4 N–H and O–H groups in total. The molecule has 2 aliphatic rings. The molecule has 0 spiro atoms. The lowest BCUT2D eigenvalue weighted by molar-refractivity contribution is -0.142. The van der Waals surface area contributed by atoms with Gasteiger partial charge in [-0.15, -0.1) is 0 Å². The van der Waals surface area contributed by atoms with Crippen LogP contribution in [0.15, 0.2) is 0 Å². The van der Waals surface area contributed by atoms with Gasteiger partial charge in [0.25, 0.3) is 0 Å². The summed E-state index contributed by atoms with van der Waals surface area (Å²) < 4.78 is 5.27. The molecule has 1 aliphatic heterocycles. The summed E-state index contributed by atoms with van der Waals surface area (Å²) in [5.41, 5.74) is 5.25. The highest BCUT2D eigenvalue weighted by Crippen LogP contribution is 2.29. The highest BCUT2D eigenvalue weighted by molar-refractivity contribution is 5.84. The number of ether oxygens (including phenoxy) is 1. The lowest BCUT2D eigenvalue weighted by Crippen LogP contribution is -2.53. The van der Waals surface area contributed by atoms with Crippen molar-refractivity contribution in [1.82, 2.24) is 5.32 Å². The standard InChI is InChI=1S/C13H22N2O4/c1-13(7-19-6-10(13)14)12(18)15-9-4-2-8(3-5-9)11(16)17/h8-10H,2-7,14H2,1H3,(H,15,18)(H,16,17). The molecular formula is C13H22N2O4. The van der Waals surface area contributed by atoms with Gasteiger partial charge in [0.15, 0.2) is 0 Å². The molecule has 0 aromatic carbocycles.